The maximum Gasteiger partial charge on any atom is 0.225 e. The summed E-state index contributed by atoms with van der Waals surface area (Å²) >= 11 is 0. The molecule has 5 nitrogen and oxygen atoms in total. The van der Waals surface area contributed by atoms with E-state index in [2.05, 4.69) is 26.1 Å². The van der Waals surface area contributed by atoms with Gasteiger partial charge < -0.3 is 14.6 Å². The van der Waals surface area contributed by atoms with E-state index in [0.717, 1.165) is 17.7 Å². The first kappa shape index (κ1) is 19.2. The molecule has 3 rings (SSSR count). The lowest BCUT2D eigenvalue weighted by Crippen LogP contribution is -2.37. The molecule has 27 heavy (non-hydrogen) atoms. The van der Waals surface area contributed by atoms with Gasteiger partial charge in [0, 0.05) is 13.0 Å². The van der Waals surface area contributed by atoms with Crippen molar-refractivity contribution in [3.05, 3.63) is 60.1 Å². The minimum absolute atomic E-state index is 0.00127. The summed E-state index contributed by atoms with van der Waals surface area (Å²) in [5.41, 5.74) is 1.17. The molecule has 0 spiro atoms. The lowest BCUT2D eigenvalue weighted by atomic mass is 9.85. The summed E-state index contributed by atoms with van der Waals surface area (Å²) in [6, 6.07) is 13.6. The fraction of sp³-hybridized carbons (Fsp3) is 0.455. The van der Waals surface area contributed by atoms with Gasteiger partial charge in [-0.1, -0.05) is 51.1 Å². The van der Waals surface area contributed by atoms with Gasteiger partial charge >= 0.3 is 0 Å². The zero-order valence-electron chi connectivity index (χ0n) is 16.3. The van der Waals surface area contributed by atoms with Crippen LogP contribution in [-0.2, 0) is 16.1 Å². The molecular weight excluding hydrogens is 340 g/mol. The minimum Gasteiger partial charge on any atom is -0.467 e. The summed E-state index contributed by atoms with van der Waals surface area (Å²) in [6.07, 6.45) is 2.68. The van der Waals surface area contributed by atoms with E-state index in [1.54, 1.807) is 17.2 Å². The standard InChI is InChI=1S/C22H28N2O3/c1-22(2,3)13-19(16-8-5-4-6-9-16)23-21(26)17-12-20(25)24(14-17)15-18-10-7-11-27-18/h4-11,17,19H,12-15H2,1-3H3,(H,23,26). The van der Waals surface area contributed by atoms with Crippen LogP contribution in [0.2, 0.25) is 0 Å². The van der Waals surface area contributed by atoms with E-state index in [4.69, 9.17) is 4.42 Å². The Hall–Kier alpha value is -2.56. The van der Waals surface area contributed by atoms with E-state index in [1.165, 1.54) is 0 Å². The van der Waals surface area contributed by atoms with Crippen molar-refractivity contribution in [1.29, 1.82) is 0 Å². The Kier molecular flexibility index (Phi) is 5.68. The van der Waals surface area contributed by atoms with Crippen LogP contribution in [0.3, 0.4) is 0 Å². The van der Waals surface area contributed by atoms with Crippen molar-refractivity contribution in [3.8, 4) is 0 Å². The second-order valence-corrected chi connectivity index (χ2v) is 8.49. The van der Waals surface area contributed by atoms with Crippen LogP contribution in [0, 0.1) is 11.3 Å². The number of furan rings is 1. The number of carbonyl (C=O) groups excluding carboxylic acids is 2. The molecule has 0 radical (unpaired) electrons. The van der Waals surface area contributed by atoms with Gasteiger partial charge in [-0.15, -0.1) is 0 Å². The molecule has 0 bridgehead atoms. The molecule has 144 valence electrons. The number of carbonyl (C=O) groups is 2. The van der Waals surface area contributed by atoms with Gasteiger partial charge in [0.15, 0.2) is 0 Å². The smallest absolute Gasteiger partial charge is 0.225 e. The number of amides is 2. The highest BCUT2D eigenvalue weighted by Gasteiger charge is 2.36. The van der Waals surface area contributed by atoms with Gasteiger partial charge in [0.25, 0.3) is 0 Å². The van der Waals surface area contributed by atoms with Crippen LogP contribution in [0.4, 0.5) is 0 Å². The monoisotopic (exact) mass is 368 g/mol. The van der Waals surface area contributed by atoms with Crippen molar-refractivity contribution in [2.45, 2.75) is 46.2 Å². The molecular formula is C22H28N2O3. The Balaban J connectivity index is 1.66. The molecule has 1 aliphatic rings. The Morgan fingerprint density at radius 3 is 2.59 bits per heavy atom. The molecule has 2 unspecified atom stereocenters. The van der Waals surface area contributed by atoms with Crippen molar-refractivity contribution < 1.29 is 14.0 Å². The van der Waals surface area contributed by atoms with Crippen LogP contribution in [0.15, 0.2) is 53.1 Å². The highest BCUT2D eigenvalue weighted by atomic mass is 16.3. The third-order valence-corrected chi connectivity index (χ3v) is 4.85. The largest absolute Gasteiger partial charge is 0.467 e. The minimum atomic E-state index is -0.321. The maximum atomic E-state index is 12.9. The third kappa shape index (κ3) is 5.22. The molecule has 0 aliphatic carbocycles. The van der Waals surface area contributed by atoms with Crippen LogP contribution >= 0.6 is 0 Å². The summed E-state index contributed by atoms with van der Waals surface area (Å²) in [5.74, 6) is 0.361. The highest BCUT2D eigenvalue weighted by Crippen LogP contribution is 2.30. The van der Waals surface area contributed by atoms with Gasteiger partial charge in [0.2, 0.25) is 11.8 Å². The molecule has 1 aromatic heterocycles. The second-order valence-electron chi connectivity index (χ2n) is 8.49. The summed E-state index contributed by atoms with van der Waals surface area (Å²) in [7, 11) is 0. The normalized spacial score (nSPS) is 18.6. The zero-order chi connectivity index (χ0) is 19.4. The summed E-state index contributed by atoms with van der Waals surface area (Å²) in [4.78, 5) is 26.9. The van der Waals surface area contributed by atoms with Crippen LogP contribution in [0.1, 0.15) is 51.0 Å². The highest BCUT2D eigenvalue weighted by molar-refractivity contribution is 5.89. The van der Waals surface area contributed by atoms with E-state index in [1.807, 2.05) is 36.4 Å². The van der Waals surface area contributed by atoms with Crippen molar-refractivity contribution in [2.75, 3.05) is 6.54 Å². The number of rotatable bonds is 6. The lowest BCUT2D eigenvalue weighted by molar-refractivity contribution is -0.129. The molecule has 2 aromatic rings. The topological polar surface area (TPSA) is 62.6 Å². The molecule has 1 saturated heterocycles. The van der Waals surface area contributed by atoms with Gasteiger partial charge in [0.1, 0.15) is 5.76 Å². The van der Waals surface area contributed by atoms with Crippen LogP contribution < -0.4 is 5.32 Å². The first-order valence-electron chi connectivity index (χ1n) is 9.47. The van der Waals surface area contributed by atoms with E-state index < -0.39 is 0 Å². The molecule has 1 fully saturated rings. The van der Waals surface area contributed by atoms with Gasteiger partial charge in [-0.2, -0.15) is 0 Å². The van der Waals surface area contributed by atoms with Crippen molar-refractivity contribution in [2.24, 2.45) is 11.3 Å². The van der Waals surface area contributed by atoms with Gasteiger partial charge in [-0.25, -0.2) is 0 Å². The molecule has 2 atom stereocenters. The molecule has 2 amide bonds. The molecule has 1 aromatic carbocycles. The van der Waals surface area contributed by atoms with Crippen molar-refractivity contribution >= 4 is 11.8 Å². The summed E-state index contributed by atoms with van der Waals surface area (Å²) in [6.45, 7) is 7.35. The maximum absolute atomic E-state index is 12.9. The number of likely N-dealkylation sites (tertiary alicyclic amines) is 1. The van der Waals surface area contributed by atoms with Crippen LogP contribution in [0.25, 0.3) is 0 Å². The summed E-state index contributed by atoms with van der Waals surface area (Å²) < 4.78 is 5.32. The van der Waals surface area contributed by atoms with Gasteiger partial charge in [0.05, 0.1) is 24.8 Å². The van der Waals surface area contributed by atoms with Crippen molar-refractivity contribution in [1.82, 2.24) is 10.2 Å². The predicted octanol–water partition coefficient (Wildman–Crippen LogP) is 3.92. The van der Waals surface area contributed by atoms with Crippen LogP contribution in [-0.4, -0.2) is 23.3 Å². The van der Waals surface area contributed by atoms with E-state index in [-0.39, 0.29) is 35.6 Å². The molecule has 0 saturated carbocycles. The number of nitrogens with one attached hydrogen (secondary N) is 1. The first-order valence-corrected chi connectivity index (χ1v) is 9.47. The molecule has 1 N–H and O–H groups in total. The Labute approximate surface area is 160 Å². The molecule has 1 aliphatic heterocycles. The second kappa shape index (κ2) is 7.99. The van der Waals surface area contributed by atoms with Gasteiger partial charge in [-0.3, -0.25) is 9.59 Å². The average Bonchev–Trinajstić information content (AvgIpc) is 3.24. The Bertz CT molecular complexity index is 763. The molecule has 5 heteroatoms. The van der Waals surface area contributed by atoms with E-state index in [9.17, 15) is 9.59 Å². The van der Waals surface area contributed by atoms with Crippen LogP contribution in [0.5, 0.6) is 0 Å². The third-order valence-electron chi connectivity index (χ3n) is 4.85. The number of hydrogen-bond acceptors (Lipinski definition) is 3. The first-order chi connectivity index (χ1) is 12.8. The van der Waals surface area contributed by atoms with E-state index in [0.29, 0.717) is 13.1 Å². The summed E-state index contributed by atoms with van der Waals surface area (Å²) in [5, 5.41) is 3.19. The Morgan fingerprint density at radius 2 is 1.96 bits per heavy atom. The average molecular weight is 368 g/mol. The fourth-order valence-electron chi connectivity index (χ4n) is 3.53. The SMILES string of the molecule is CC(C)(C)CC(NC(=O)C1CC(=O)N(Cc2ccco2)C1)c1ccccc1. The van der Waals surface area contributed by atoms with Gasteiger partial charge in [-0.05, 0) is 29.5 Å². The fourth-order valence-corrected chi connectivity index (χ4v) is 3.53. The van der Waals surface area contributed by atoms with E-state index >= 15 is 0 Å². The molecule has 2 heterocycles. The predicted molar refractivity (Wildman–Crippen MR) is 104 cm³/mol. The Morgan fingerprint density at radius 1 is 1.22 bits per heavy atom. The zero-order valence-corrected chi connectivity index (χ0v) is 16.3. The number of nitrogens with zero attached hydrogens (tertiary/aromatic N) is 1. The lowest BCUT2D eigenvalue weighted by Gasteiger charge is -2.28. The number of benzene rings is 1. The van der Waals surface area contributed by atoms with Crippen molar-refractivity contribution in [3.63, 3.8) is 0 Å². The quantitative estimate of drug-likeness (QED) is 0.840. The number of hydrogen-bond donors (Lipinski definition) is 1.